The quantitative estimate of drug-likeness (QED) is 0.482. The van der Waals surface area contributed by atoms with Crippen LogP contribution in [0.4, 0.5) is 0 Å². The molecule has 0 spiro atoms. The summed E-state index contributed by atoms with van der Waals surface area (Å²) >= 11 is 3.52. The Morgan fingerprint density at radius 1 is 1.08 bits per heavy atom. The lowest BCUT2D eigenvalue weighted by atomic mass is 9.76. The van der Waals surface area contributed by atoms with Gasteiger partial charge in [0.25, 0.3) is 0 Å². The zero-order valence-corrected chi connectivity index (χ0v) is 22.5. The molecule has 8 nitrogen and oxygen atoms in total. The number of fused-ring (bicyclic) bond motifs is 1. The van der Waals surface area contributed by atoms with E-state index in [0.29, 0.717) is 21.5 Å². The molecule has 5 rings (SSSR count). The predicted octanol–water partition coefficient (Wildman–Crippen LogP) is 4.11. The van der Waals surface area contributed by atoms with Crippen LogP contribution in [0.1, 0.15) is 49.3 Å². The van der Waals surface area contributed by atoms with Gasteiger partial charge in [0, 0.05) is 18.5 Å². The van der Waals surface area contributed by atoms with Gasteiger partial charge in [0.2, 0.25) is 11.8 Å². The number of likely N-dealkylation sites (tertiary alicyclic amines) is 1. The molecule has 2 aromatic rings. The van der Waals surface area contributed by atoms with Crippen LogP contribution in [0.2, 0.25) is 0 Å². The van der Waals surface area contributed by atoms with Crippen LogP contribution in [0.5, 0.6) is 11.5 Å². The Balaban J connectivity index is 1.64. The van der Waals surface area contributed by atoms with Crippen LogP contribution in [-0.4, -0.2) is 53.6 Å². The Hall–Kier alpha value is -2.91. The standard InChI is InChI=1S/C28H31BrN2O6/c1-36-20-14-17(13-19(29)24(20)37-2)23-21-22(26(33)31(25(21)32)18-11-7-4-8-12-18)28(30-23,27(34)35)15-16-9-5-3-6-10-16/h3,5-6,9-10,13-14,18,21-23,30H,4,7-8,11-12,15H2,1-2H3,(H,34,35). The molecule has 1 aliphatic carbocycles. The topological polar surface area (TPSA) is 105 Å². The Labute approximate surface area is 224 Å². The summed E-state index contributed by atoms with van der Waals surface area (Å²) in [7, 11) is 3.05. The molecule has 3 aliphatic rings. The molecule has 2 aliphatic heterocycles. The van der Waals surface area contributed by atoms with Crippen molar-refractivity contribution in [1.29, 1.82) is 0 Å². The highest BCUT2D eigenvalue weighted by Crippen LogP contribution is 2.52. The number of aliphatic carboxylic acids is 1. The van der Waals surface area contributed by atoms with Crippen molar-refractivity contribution in [2.75, 3.05) is 14.2 Å². The third-order valence-electron chi connectivity index (χ3n) is 8.15. The van der Waals surface area contributed by atoms with Gasteiger partial charge < -0.3 is 14.6 Å². The van der Waals surface area contributed by atoms with Gasteiger partial charge in [0.05, 0.1) is 30.5 Å². The summed E-state index contributed by atoms with van der Waals surface area (Å²) in [4.78, 5) is 42.5. The number of nitrogens with zero attached hydrogens (tertiary/aromatic N) is 1. The summed E-state index contributed by atoms with van der Waals surface area (Å²) in [5.41, 5.74) is -0.212. The number of halogens is 1. The Kier molecular flexibility index (Phi) is 7.02. The number of hydrogen-bond acceptors (Lipinski definition) is 6. The first-order chi connectivity index (χ1) is 17.8. The number of ether oxygens (including phenoxy) is 2. The second-order valence-corrected chi connectivity index (χ2v) is 11.0. The fourth-order valence-electron chi connectivity index (χ4n) is 6.48. The van der Waals surface area contributed by atoms with E-state index in [0.717, 1.165) is 37.7 Å². The third kappa shape index (κ3) is 4.22. The number of amides is 2. The number of methoxy groups -OCH3 is 2. The van der Waals surface area contributed by atoms with Crippen molar-refractivity contribution in [3.63, 3.8) is 0 Å². The first kappa shape index (κ1) is 25.7. The molecule has 4 unspecified atom stereocenters. The average molecular weight is 571 g/mol. The van der Waals surface area contributed by atoms with E-state index in [2.05, 4.69) is 21.2 Å². The van der Waals surface area contributed by atoms with Gasteiger partial charge in [-0.1, -0.05) is 49.6 Å². The maximum Gasteiger partial charge on any atom is 0.325 e. The first-order valence-electron chi connectivity index (χ1n) is 12.7. The van der Waals surface area contributed by atoms with Gasteiger partial charge in [-0.05, 0) is 52.0 Å². The molecule has 37 heavy (non-hydrogen) atoms. The van der Waals surface area contributed by atoms with Crippen LogP contribution in [0.15, 0.2) is 46.9 Å². The van der Waals surface area contributed by atoms with E-state index in [1.807, 2.05) is 30.3 Å². The molecular formula is C28H31BrN2O6. The van der Waals surface area contributed by atoms with Gasteiger partial charge in [-0.25, -0.2) is 0 Å². The molecule has 196 valence electrons. The average Bonchev–Trinajstić information content (AvgIpc) is 3.38. The zero-order chi connectivity index (χ0) is 26.3. The molecule has 1 saturated carbocycles. The van der Waals surface area contributed by atoms with Gasteiger partial charge in [0.15, 0.2) is 11.5 Å². The van der Waals surface area contributed by atoms with E-state index in [-0.39, 0.29) is 24.3 Å². The number of carbonyl (C=O) groups is 3. The molecule has 2 heterocycles. The van der Waals surface area contributed by atoms with Crippen molar-refractivity contribution in [3.05, 3.63) is 58.1 Å². The van der Waals surface area contributed by atoms with E-state index in [1.54, 1.807) is 12.1 Å². The third-order valence-corrected chi connectivity index (χ3v) is 8.74. The van der Waals surface area contributed by atoms with E-state index < -0.39 is 29.4 Å². The molecular weight excluding hydrogens is 540 g/mol. The van der Waals surface area contributed by atoms with Crippen LogP contribution in [0.3, 0.4) is 0 Å². The highest BCUT2D eigenvalue weighted by atomic mass is 79.9. The van der Waals surface area contributed by atoms with Crippen molar-refractivity contribution < 1.29 is 29.0 Å². The number of carbonyl (C=O) groups excluding carboxylic acids is 2. The summed E-state index contributed by atoms with van der Waals surface area (Å²) in [5, 5.41) is 14.0. The summed E-state index contributed by atoms with van der Waals surface area (Å²) in [5.74, 6) is -2.75. The summed E-state index contributed by atoms with van der Waals surface area (Å²) in [6.07, 6.45) is 4.58. The smallest absolute Gasteiger partial charge is 0.325 e. The van der Waals surface area contributed by atoms with Gasteiger partial charge in [-0.3, -0.25) is 24.6 Å². The summed E-state index contributed by atoms with van der Waals surface area (Å²) in [6, 6.07) is 11.9. The molecule has 2 N–H and O–H groups in total. The van der Waals surface area contributed by atoms with Gasteiger partial charge in [-0.2, -0.15) is 0 Å². The maximum atomic E-state index is 14.0. The number of carboxylic acid groups (broad SMARTS) is 1. The highest BCUT2D eigenvalue weighted by molar-refractivity contribution is 9.10. The Morgan fingerprint density at radius 3 is 2.41 bits per heavy atom. The Bertz CT molecular complexity index is 1210. The fourth-order valence-corrected chi connectivity index (χ4v) is 7.10. The number of benzene rings is 2. The molecule has 0 bridgehead atoms. The predicted molar refractivity (Wildman–Crippen MR) is 139 cm³/mol. The summed E-state index contributed by atoms with van der Waals surface area (Å²) in [6.45, 7) is 0. The van der Waals surface area contributed by atoms with Crippen LogP contribution in [0, 0.1) is 11.8 Å². The molecule has 2 aromatic carbocycles. The van der Waals surface area contributed by atoms with E-state index in [9.17, 15) is 19.5 Å². The van der Waals surface area contributed by atoms with Crippen molar-refractivity contribution in [2.45, 2.75) is 56.1 Å². The molecule has 0 aromatic heterocycles. The number of nitrogens with one attached hydrogen (secondary N) is 1. The molecule has 4 atom stereocenters. The minimum Gasteiger partial charge on any atom is -0.493 e. The monoisotopic (exact) mass is 570 g/mol. The van der Waals surface area contributed by atoms with Crippen LogP contribution in [-0.2, 0) is 20.8 Å². The van der Waals surface area contributed by atoms with Gasteiger partial charge in [0.1, 0.15) is 5.54 Å². The molecule has 2 saturated heterocycles. The molecule has 9 heteroatoms. The van der Waals surface area contributed by atoms with Crippen molar-refractivity contribution >= 4 is 33.7 Å². The first-order valence-corrected chi connectivity index (χ1v) is 13.4. The number of rotatable bonds is 7. The minimum absolute atomic E-state index is 0.0762. The second-order valence-electron chi connectivity index (χ2n) is 10.1. The van der Waals surface area contributed by atoms with E-state index in [1.165, 1.54) is 19.1 Å². The second kappa shape index (κ2) is 10.1. The number of hydrogen-bond donors (Lipinski definition) is 2. The van der Waals surface area contributed by atoms with Crippen molar-refractivity contribution in [2.24, 2.45) is 11.8 Å². The van der Waals surface area contributed by atoms with Gasteiger partial charge >= 0.3 is 5.97 Å². The minimum atomic E-state index is -1.65. The number of imide groups is 1. The molecule has 3 fully saturated rings. The lowest BCUT2D eigenvalue weighted by Crippen LogP contribution is -2.58. The largest absolute Gasteiger partial charge is 0.493 e. The summed E-state index contributed by atoms with van der Waals surface area (Å²) < 4.78 is 11.6. The van der Waals surface area contributed by atoms with Crippen molar-refractivity contribution in [3.8, 4) is 11.5 Å². The van der Waals surface area contributed by atoms with E-state index in [4.69, 9.17) is 9.47 Å². The molecule has 0 radical (unpaired) electrons. The molecule has 2 amide bonds. The number of carboxylic acids is 1. The van der Waals surface area contributed by atoms with Crippen LogP contribution in [0.25, 0.3) is 0 Å². The Morgan fingerprint density at radius 2 is 1.78 bits per heavy atom. The lowest BCUT2D eigenvalue weighted by molar-refractivity contribution is -0.152. The maximum absolute atomic E-state index is 14.0. The normalized spacial score (nSPS) is 27.9. The highest BCUT2D eigenvalue weighted by Gasteiger charge is 2.69. The SMILES string of the molecule is COc1cc(C2NC(Cc3ccccc3)(C(=O)O)C3C(=O)N(C4CCCCC4)C(=O)C23)cc(Br)c1OC. The van der Waals surface area contributed by atoms with E-state index >= 15 is 0 Å². The van der Waals surface area contributed by atoms with Crippen LogP contribution < -0.4 is 14.8 Å². The zero-order valence-electron chi connectivity index (χ0n) is 20.9. The van der Waals surface area contributed by atoms with Crippen LogP contribution >= 0.6 is 15.9 Å². The van der Waals surface area contributed by atoms with Gasteiger partial charge in [-0.15, -0.1) is 0 Å². The fraction of sp³-hybridized carbons (Fsp3) is 0.464. The lowest BCUT2D eigenvalue weighted by Gasteiger charge is -2.34. The van der Waals surface area contributed by atoms with Crippen molar-refractivity contribution in [1.82, 2.24) is 10.2 Å².